The average Bonchev–Trinajstić information content (AvgIpc) is 3.30. The van der Waals surface area contributed by atoms with Gasteiger partial charge < -0.3 is 24.2 Å². The van der Waals surface area contributed by atoms with Gasteiger partial charge in [0, 0.05) is 19.3 Å². The second kappa shape index (κ2) is 48.6. The number of allylic oxidation sites excluding steroid dienone is 10. The molecular weight excluding hydrogens is 856 g/mol. The molecule has 0 aromatic heterocycles. The predicted octanol–water partition coefficient (Wildman–Crippen LogP) is 14.8. The highest BCUT2D eigenvalue weighted by molar-refractivity contribution is 7.47. The highest BCUT2D eigenvalue weighted by atomic mass is 31.2. The van der Waals surface area contributed by atoms with E-state index >= 15 is 0 Å². The molecule has 0 saturated carbocycles. The summed E-state index contributed by atoms with van der Waals surface area (Å²) in [4.78, 5) is 48.3. The van der Waals surface area contributed by atoms with Crippen molar-refractivity contribution in [3.05, 3.63) is 60.8 Å². The lowest BCUT2D eigenvalue weighted by Crippen LogP contribution is -2.30. The van der Waals surface area contributed by atoms with Crippen molar-refractivity contribution in [2.75, 3.05) is 26.4 Å². The van der Waals surface area contributed by atoms with E-state index in [1.165, 1.54) is 32.1 Å². The summed E-state index contributed by atoms with van der Waals surface area (Å²) in [5.41, 5.74) is 0. The molecule has 0 fully saturated rings. The number of phosphoric acid groups is 1. The van der Waals surface area contributed by atoms with Crippen molar-refractivity contribution >= 4 is 25.7 Å². The van der Waals surface area contributed by atoms with Crippen LogP contribution in [0.1, 0.15) is 226 Å². The monoisotopic (exact) mass is 951 g/mol. The minimum Gasteiger partial charge on any atom is -0.462 e. The number of aliphatic hydroxyl groups is 1. The lowest BCUT2D eigenvalue weighted by Gasteiger charge is -2.21. The molecule has 382 valence electrons. The Bertz CT molecular complexity index is 1340. The smallest absolute Gasteiger partial charge is 0.462 e. The number of hydrogen-bond acceptors (Lipinski definition) is 10. The maximum absolute atomic E-state index is 12.8. The second-order valence-corrected chi connectivity index (χ2v) is 18.8. The third-order valence-electron chi connectivity index (χ3n) is 10.9. The maximum atomic E-state index is 12.8. The van der Waals surface area contributed by atoms with Crippen LogP contribution in [-0.2, 0) is 42.2 Å². The second-order valence-electron chi connectivity index (χ2n) is 17.3. The molecule has 0 aliphatic carbocycles. The molecule has 66 heavy (non-hydrogen) atoms. The van der Waals surface area contributed by atoms with E-state index in [0.29, 0.717) is 19.3 Å². The largest absolute Gasteiger partial charge is 0.472 e. The summed E-state index contributed by atoms with van der Waals surface area (Å²) < 4.78 is 39.3. The van der Waals surface area contributed by atoms with Crippen LogP contribution in [0.25, 0.3) is 0 Å². The molecule has 0 bridgehead atoms. The Kier molecular flexibility index (Phi) is 46.6. The van der Waals surface area contributed by atoms with Crippen LogP contribution in [0.4, 0.5) is 0 Å². The Morgan fingerprint density at radius 1 is 0.439 bits per heavy atom. The van der Waals surface area contributed by atoms with Gasteiger partial charge in [-0.1, -0.05) is 178 Å². The molecule has 11 nitrogen and oxygen atoms in total. The van der Waals surface area contributed by atoms with Crippen LogP contribution in [0.15, 0.2) is 60.8 Å². The molecule has 0 aliphatic heterocycles. The van der Waals surface area contributed by atoms with Crippen LogP contribution in [0, 0.1) is 0 Å². The molecule has 0 saturated heterocycles. The van der Waals surface area contributed by atoms with Crippen molar-refractivity contribution in [2.45, 2.75) is 238 Å². The fraction of sp³-hybridized carbons (Fsp3) is 0.759. The van der Waals surface area contributed by atoms with Crippen LogP contribution in [0.2, 0.25) is 0 Å². The normalized spacial score (nSPS) is 14.0. The fourth-order valence-electron chi connectivity index (χ4n) is 6.86. The highest BCUT2D eigenvalue weighted by Gasteiger charge is 2.28. The Hall–Kier alpha value is -2.82. The Labute approximate surface area is 402 Å². The maximum Gasteiger partial charge on any atom is 0.472 e. The summed E-state index contributed by atoms with van der Waals surface area (Å²) in [6, 6.07) is 0. The molecule has 0 rings (SSSR count). The number of hydrogen-bond donors (Lipinski definition) is 2. The van der Waals surface area contributed by atoms with E-state index in [4.69, 9.17) is 23.3 Å². The van der Waals surface area contributed by atoms with Gasteiger partial charge in [0.25, 0.3) is 0 Å². The number of phosphoric ester groups is 1. The number of carbonyl (C=O) groups excluding carboxylic acids is 3. The molecule has 12 heteroatoms. The molecule has 0 radical (unpaired) electrons. The van der Waals surface area contributed by atoms with Gasteiger partial charge in [0.05, 0.1) is 19.8 Å². The predicted molar refractivity (Wildman–Crippen MR) is 270 cm³/mol. The van der Waals surface area contributed by atoms with E-state index in [0.717, 1.165) is 135 Å². The Balaban J connectivity index is 4.75. The van der Waals surface area contributed by atoms with Crippen molar-refractivity contribution in [3.8, 4) is 0 Å². The highest BCUT2D eigenvalue weighted by Crippen LogP contribution is 2.43. The van der Waals surface area contributed by atoms with Crippen molar-refractivity contribution < 1.29 is 52.2 Å². The standard InChI is InChI=1S/C54H95O11P/c1-4-7-10-13-16-19-22-23-24-25-26-27-30-33-36-39-42-45-54(58)65-51(47-61-52(56)43-40-37-34-31-28-20-17-14-11-8-5-2)49-63-66(59,60)62-48-50(46-55)64-53(57)44-41-38-35-32-29-21-18-15-12-9-6-3/h7,10,14-19,23-24,50-51,55H,4-6,8-9,11-13,20-22,25-49H2,1-3H3,(H,59,60)/b10-7-,17-14-,18-15-,19-16-,24-23-. The zero-order valence-corrected chi connectivity index (χ0v) is 42.8. The van der Waals surface area contributed by atoms with Crippen molar-refractivity contribution in [1.29, 1.82) is 0 Å². The van der Waals surface area contributed by atoms with Gasteiger partial charge in [-0.15, -0.1) is 0 Å². The van der Waals surface area contributed by atoms with Gasteiger partial charge in [-0.2, -0.15) is 0 Å². The summed E-state index contributed by atoms with van der Waals surface area (Å²) in [7, 11) is -4.74. The molecule has 0 amide bonds. The van der Waals surface area contributed by atoms with Gasteiger partial charge in [0.1, 0.15) is 12.7 Å². The SMILES string of the molecule is CC/C=C\C/C=C\C/C=C\CCCCCCCCCC(=O)OC(COC(=O)CCCCCCC/C=C\CCCC)COP(=O)(O)OCC(CO)OC(=O)CCCCCCC/C=C\CCCC. The van der Waals surface area contributed by atoms with Gasteiger partial charge in [0.2, 0.25) is 0 Å². The van der Waals surface area contributed by atoms with Crippen LogP contribution in [-0.4, -0.2) is 66.5 Å². The van der Waals surface area contributed by atoms with Crippen molar-refractivity contribution in [1.82, 2.24) is 0 Å². The van der Waals surface area contributed by atoms with Crippen LogP contribution < -0.4 is 0 Å². The van der Waals surface area contributed by atoms with E-state index in [1.54, 1.807) is 0 Å². The number of rotatable bonds is 48. The van der Waals surface area contributed by atoms with Gasteiger partial charge in [-0.05, 0) is 89.9 Å². The van der Waals surface area contributed by atoms with Crippen LogP contribution in [0.5, 0.6) is 0 Å². The van der Waals surface area contributed by atoms with E-state index < -0.39 is 57.8 Å². The molecule has 0 aliphatic rings. The summed E-state index contributed by atoms with van der Waals surface area (Å²) in [6.07, 6.45) is 50.5. The molecule has 2 N–H and O–H groups in total. The zero-order valence-electron chi connectivity index (χ0n) is 41.9. The molecule has 0 heterocycles. The zero-order chi connectivity index (χ0) is 48.4. The first-order valence-corrected chi connectivity index (χ1v) is 27.7. The van der Waals surface area contributed by atoms with E-state index in [9.17, 15) is 28.9 Å². The summed E-state index contributed by atoms with van der Waals surface area (Å²) in [5.74, 6) is -1.50. The molecular formula is C54H95O11P. The first kappa shape index (κ1) is 63.2. The van der Waals surface area contributed by atoms with E-state index in [1.807, 2.05) is 0 Å². The number of unbranched alkanes of at least 4 members (excludes halogenated alkanes) is 21. The molecule has 3 atom stereocenters. The number of esters is 3. The van der Waals surface area contributed by atoms with Gasteiger partial charge in [-0.3, -0.25) is 23.4 Å². The number of aliphatic hydroxyl groups excluding tert-OH is 1. The van der Waals surface area contributed by atoms with Crippen LogP contribution in [0.3, 0.4) is 0 Å². The quantitative estimate of drug-likeness (QED) is 0.0197. The van der Waals surface area contributed by atoms with E-state index in [2.05, 4.69) is 81.5 Å². The number of ether oxygens (including phenoxy) is 3. The first-order valence-electron chi connectivity index (χ1n) is 26.2. The van der Waals surface area contributed by atoms with Crippen molar-refractivity contribution in [3.63, 3.8) is 0 Å². The summed E-state index contributed by atoms with van der Waals surface area (Å²) in [6.45, 7) is 4.41. The fourth-order valence-corrected chi connectivity index (χ4v) is 7.64. The van der Waals surface area contributed by atoms with E-state index in [-0.39, 0.29) is 25.9 Å². The lowest BCUT2D eigenvalue weighted by molar-refractivity contribution is -0.161. The Morgan fingerprint density at radius 3 is 1.23 bits per heavy atom. The van der Waals surface area contributed by atoms with Gasteiger partial charge >= 0.3 is 25.7 Å². The topological polar surface area (TPSA) is 155 Å². The summed E-state index contributed by atoms with van der Waals surface area (Å²) in [5, 5.41) is 9.76. The molecule has 0 aromatic carbocycles. The third kappa shape index (κ3) is 46.3. The first-order chi connectivity index (χ1) is 32.2. The van der Waals surface area contributed by atoms with Gasteiger partial charge in [-0.25, -0.2) is 4.57 Å². The summed E-state index contributed by atoms with van der Waals surface area (Å²) >= 11 is 0. The number of carbonyl (C=O) groups is 3. The van der Waals surface area contributed by atoms with Crippen LogP contribution >= 0.6 is 7.82 Å². The molecule has 3 unspecified atom stereocenters. The minimum absolute atomic E-state index is 0.154. The average molecular weight is 951 g/mol. The molecule has 0 spiro atoms. The lowest BCUT2D eigenvalue weighted by atomic mass is 10.1. The van der Waals surface area contributed by atoms with Crippen molar-refractivity contribution in [2.24, 2.45) is 0 Å². The Morgan fingerprint density at radius 2 is 0.788 bits per heavy atom. The molecule has 0 aromatic rings. The van der Waals surface area contributed by atoms with Gasteiger partial charge in [0.15, 0.2) is 6.10 Å². The third-order valence-corrected chi connectivity index (χ3v) is 11.8. The minimum atomic E-state index is -4.74.